The fraction of sp³-hybridized carbons (Fsp3) is 0.435. The molecule has 9 heteroatoms. The molecule has 1 aromatic carbocycles. The Labute approximate surface area is 206 Å². The van der Waals surface area contributed by atoms with Crippen LogP contribution in [0, 0.1) is 5.82 Å². The van der Waals surface area contributed by atoms with E-state index in [0.717, 1.165) is 31.0 Å². The van der Waals surface area contributed by atoms with Gasteiger partial charge < -0.3 is 20.4 Å². The number of amides is 1. The second-order valence-corrected chi connectivity index (χ2v) is 7.37. The number of hydrogen-bond donors (Lipinski definition) is 2. The van der Waals surface area contributed by atoms with Gasteiger partial charge in [0, 0.05) is 51.9 Å². The van der Waals surface area contributed by atoms with Gasteiger partial charge in [0.1, 0.15) is 11.6 Å². The van der Waals surface area contributed by atoms with Crippen LogP contribution in [0.2, 0.25) is 0 Å². The molecule has 1 aliphatic rings. The van der Waals surface area contributed by atoms with Crippen molar-refractivity contribution in [2.24, 2.45) is 4.99 Å². The third-order valence-electron chi connectivity index (χ3n) is 5.14. The van der Waals surface area contributed by atoms with E-state index in [1.54, 1.807) is 12.3 Å². The monoisotopic (exact) mass is 554 g/mol. The minimum atomic E-state index is -0.225. The number of guanidine groups is 1. The number of halogens is 2. The third kappa shape index (κ3) is 8.25. The van der Waals surface area contributed by atoms with E-state index < -0.39 is 0 Å². The molecule has 1 saturated heterocycles. The molecule has 0 unspecified atom stereocenters. The molecule has 174 valence electrons. The van der Waals surface area contributed by atoms with Gasteiger partial charge in [-0.2, -0.15) is 0 Å². The molecule has 3 rings (SSSR count). The van der Waals surface area contributed by atoms with Crippen LogP contribution in [-0.2, 0) is 11.2 Å². The van der Waals surface area contributed by atoms with Gasteiger partial charge in [0.15, 0.2) is 5.96 Å². The molecule has 0 atom stereocenters. The first-order chi connectivity index (χ1) is 15.2. The number of anilines is 1. The van der Waals surface area contributed by atoms with Crippen molar-refractivity contribution in [3.8, 4) is 0 Å². The summed E-state index contributed by atoms with van der Waals surface area (Å²) in [4.78, 5) is 25.6. The predicted molar refractivity (Wildman–Crippen MR) is 137 cm³/mol. The van der Waals surface area contributed by atoms with Crippen LogP contribution < -0.4 is 15.5 Å². The molecule has 1 amide bonds. The van der Waals surface area contributed by atoms with Gasteiger partial charge in [-0.3, -0.25) is 9.79 Å². The number of nitrogens with one attached hydrogen (secondary N) is 2. The molecule has 32 heavy (non-hydrogen) atoms. The summed E-state index contributed by atoms with van der Waals surface area (Å²) in [6, 6.07) is 12.5. The first-order valence-corrected chi connectivity index (χ1v) is 10.9. The van der Waals surface area contributed by atoms with Crippen LogP contribution in [0.3, 0.4) is 0 Å². The van der Waals surface area contributed by atoms with E-state index in [9.17, 15) is 9.18 Å². The fourth-order valence-electron chi connectivity index (χ4n) is 3.51. The fourth-order valence-corrected chi connectivity index (χ4v) is 3.51. The SMILES string of the molecule is CCNC(=NCCC(=O)N1CCN(c2ccccn2)CC1)NCCc1cccc(F)c1.I. The van der Waals surface area contributed by atoms with E-state index >= 15 is 0 Å². The van der Waals surface area contributed by atoms with Crippen molar-refractivity contribution < 1.29 is 9.18 Å². The summed E-state index contributed by atoms with van der Waals surface area (Å²) < 4.78 is 13.3. The van der Waals surface area contributed by atoms with E-state index in [4.69, 9.17) is 0 Å². The molecule has 2 N–H and O–H groups in total. The molecular formula is C23H32FIN6O. The molecule has 2 heterocycles. The third-order valence-corrected chi connectivity index (χ3v) is 5.14. The quantitative estimate of drug-likeness (QED) is 0.299. The van der Waals surface area contributed by atoms with Gasteiger partial charge in [0.25, 0.3) is 0 Å². The lowest BCUT2D eigenvalue weighted by Crippen LogP contribution is -2.49. The van der Waals surface area contributed by atoms with Gasteiger partial charge in [-0.25, -0.2) is 9.37 Å². The normalized spacial score (nSPS) is 14.0. The molecular weight excluding hydrogens is 522 g/mol. The minimum Gasteiger partial charge on any atom is -0.357 e. The Balaban J connectivity index is 0.00000363. The molecule has 0 spiro atoms. The average Bonchev–Trinajstić information content (AvgIpc) is 2.80. The highest BCUT2D eigenvalue weighted by molar-refractivity contribution is 14.0. The van der Waals surface area contributed by atoms with Crippen LogP contribution in [0.15, 0.2) is 53.7 Å². The number of hydrogen-bond acceptors (Lipinski definition) is 4. The lowest BCUT2D eigenvalue weighted by atomic mass is 10.1. The van der Waals surface area contributed by atoms with E-state index in [1.807, 2.05) is 36.1 Å². The van der Waals surface area contributed by atoms with Gasteiger partial charge in [-0.1, -0.05) is 18.2 Å². The summed E-state index contributed by atoms with van der Waals surface area (Å²) in [6.45, 7) is 6.77. The van der Waals surface area contributed by atoms with Crippen molar-refractivity contribution >= 4 is 41.7 Å². The first kappa shape index (κ1) is 25.8. The second kappa shape index (κ2) is 13.9. The number of aliphatic imine (C=N–C) groups is 1. The number of rotatable bonds is 8. The van der Waals surface area contributed by atoms with E-state index in [1.165, 1.54) is 12.1 Å². The summed E-state index contributed by atoms with van der Waals surface area (Å²) in [6.07, 6.45) is 2.87. The number of aromatic nitrogens is 1. The van der Waals surface area contributed by atoms with E-state index in [2.05, 4.69) is 25.5 Å². The molecule has 1 aliphatic heterocycles. The van der Waals surface area contributed by atoms with Gasteiger partial charge >= 0.3 is 0 Å². The van der Waals surface area contributed by atoms with E-state index in [-0.39, 0.29) is 35.7 Å². The molecule has 1 aromatic heterocycles. The number of benzene rings is 1. The maximum atomic E-state index is 13.3. The predicted octanol–water partition coefficient (Wildman–Crippen LogP) is 2.68. The first-order valence-electron chi connectivity index (χ1n) is 10.9. The van der Waals surface area contributed by atoms with Crippen molar-refractivity contribution in [2.75, 3.05) is 50.7 Å². The smallest absolute Gasteiger partial charge is 0.224 e. The zero-order valence-corrected chi connectivity index (χ0v) is 20.8. The highest BCUT2D eigenvalue weighted by Gasteiger charge is 2.21. The number of carbonyl (C=O) groups excluding carboxylic acids is 1. The Morgan fingerprint density at radius 1 is 1.12 bits per heavy atom. The maximum absolute atomic E-state index is 13.3. The molecule has 7 nitrogen and oxygen atoms in total. The number of carbonyl (C=O) groups is 1. The van der Waals surface area contributed by atoms with Crippen molar-refractivity contribution in [3.05, 3.63) is 60.0 Å². The zero-order chi connectivity index (χ0) is 21.9. The van der Waals surface area contributed by atoms with Gasteiger partial charge in [0.05, 0.1) is 6.54 Å². The molecule has 0 aliphatic carbocycles. The van der Waals surface area contributed by atoms with Crippen LogP contribution in [0.5, 0.6) is 0 Å². The van der Waals surface area contributed by atoms with Crippen LogP contribution in [0.4, 0.5) is 10.2 Å². The van der Waals surface area contributed by atoms with Crippen molar-refractivity contribution in [3.63, 3.8) is 0 Å². The van der Waals surface area contributed by atoms with Crippen LogP contribution in [-0.4, -0.2) is 67.6 Å². The second-order valence-electron chi connectivity index (χ2n) is 7.37. The van der Waals surface area contributed by atoms with Crippen LogP contribution >= 0.6 is 24.0 Å². The largest absolute Gasteiger partial charge is 0.357 e. The Kier molecular flexibility index (Phi) is 11.2. The summed E-state index contributed by atoms with van der Waals surface area (Å²) in [7, 11) is 0. The summed E-state index contributed by atoms with van der Waals surface area (Å²) in [5.74, 6) is 1.53. The molecule has 0 bridgehead atoms. The highest BCUT2D eigenvalue weighted by Crippen LogP contribution is 2.13. The minimum absolute atomic E-state index is 0. The van der Waals surface area contributed by atoms with Crippen LogP contribution in [0.1, 0.15) is 18.9 Å². The van der Waals surface area contributed by atoms with Crippen molar-refractivity contribution in [1.82, 2.24) is 20.5 Å². The molecule has 1 fully saturated rings. The standard InChI is InChI=1S/C23H31FN6O.HI/c1-2-25-23(27-12-9-19-6-5-7-20(24)18-19)28-13-10-22(31)30-16-14-29(15-17-30)21-8-3-4-11-26-21;/h3-8,11,18H,2,9-10,12-17H2,1H3,(H2,25,27,28);1H. The molecule has 0 radical (unpaired) electrons. The lowest BCUT2D eigenvalue weighted by Gasteiger charge is -2.35. The van der Waals surface area contributed by atoms with Crippen LogP contribution in [0.25, 0.3) is 0 Å². The Morgan fingerprint density at radius 2 is 1.94 bits per heavy atom. The van der Waals surface area contributed by atoms with Gasteiger partial charge in [0.2, 0.25) is 5.91 Å². The highest BCUT2D eigenvalue weighted by atomic mass is 127. The van der Waals surface area contributed by atoms with Gasteiger partial charge in [-0.15, -0.1) is 24.0 Å². The number of piperazine rings is 1. The molecule has 0 saturated carbocycles. The average molecular weight is 554 g/mol. The Morgan fingerprint density at radius 3 is 2.62 bits per heavy atom. The molecule has 2 aromatic rings. The number of nitrogens with zero attached hydrogens (tertiary/aromatic N) is 4. The maximum Gasteiger partial charge on any atom is 0.224 e. The Hall–Kier alpha value is -2.43. The Bertz CT molecular complexity index is 859. The van der Waals surface area contributed by atoms with Gasteiger partial charge in [-0.05, 0) is 43.2 Å². The zero-order valence-electron chi connectivity index (χ0n) is 18.5. The van der Waals surface area contributed by atoms with Crippen molar-refractivity contribution in [1.29, 1.82) is 0 Å². The summed E-state index contributed by atoms with van der Waals surface area (Å²) in [5.41, 5.74) is 0.934. The lowest BCUT2D eigenvalue weighted by molar-refractivity contribution is -0.131. The van der Waals surface area contributed by atoms with E-state index in [0.29, 0.717) is 45.0 Å². The summed E-state index contributed by atoms with van der Waals surface area (Å²) >= 11 is 0. The summed E-state index contributed by atoms with van der Waals surface area (Å²) in [5, 5.41) is 6.43. The number of pyridine rings is 1. The topological polar surface area (TPSA) is 72.9 Å². The van der Waals surface area contributed by atoms with Crippen molar-refractivity contribution in [2.45, 2.75) is 19.8 Å².